The summed E-state index contributed by atoms with van der Waals surface area (Å²) in [5, 5.41) is 12.9. The molecule has 2 N–H and O–H groups in total. The number of aliphatic hydroxyl groups is 1. The summed E-state index contributed by atoms with van der Waals surface area (Å²) in [6.07, 6.45) is 4.55. The van der Waals surface area contributed by atoms with Crippen molar-refractivity contribution in [2.45, 2.75) is 44.6 Å². The van der Waals surface area contributed by atoms with Crippen molar-refractivity contribution in [1.82, 2.24) is 5.32 Å². The molecule has 2 atom stereocenters. The largest absolute Gasteiger partial charge is 0.388 e. The molecule has 5 nitrogen and oxygen atoms in total. The van der Waals surface area contributed by atoms with Crippen molar-refractivity contribution in [3.05, 3.63) is 0 Å². The van der Waals surface area contributed by atoms with Crippen LogP contribution in [0.15, 0.2) is 0 Å². The predicted octanol–water partition coefficient (Wildman–Crippen LogP) is 0.478. The van der Waals surface area contributed by atoms with Crippen LogP contribution in [-0.2, 0) is 14.6 Å². The van der Waals surface area contributed by atoms with Crippen LogP contribution in [-0.4, -0.2) is 43.6 Å². The zero-order valence-corrected chi connectivity index (χ0v) is 11.9. The molecule has 0 aliphatic heterocycles. The van der Waals surface area contributed by atoms with Crippen LogP contribution < -0.4 is 5.32 Å². The molecule has 1 amide bonds. The second-order valence-electron chi connectivity index (χ2n) is 5.58. The average Bonchev–Trinajstić information content (AvgIpc) is 2.22. The highest BCUT2D eigenvalue weighted by Crippen LogP contribution is 2.31. The van der Waals surface area contributed by atoms with E-state index in [0.717, 1.165) is 19.1 Å². The maximum absolute atomic E-state index is 11.5. The molecule has 0 aromatic heterocycles. The number of amides is 1. The third kappa shape index (κ3) is 5.82. The van der Waals surface area contributed by atoms with E-state index in [-0.39, 0.29) is 24.6 Å². The lowest BCUT2D eigenvalue weighted by molar-refractivity contribution is -0.122. The summed E-state index contributed by atoms with van der Waals surface area (Å²) in [5.74, 6) is 0.0111. The Morgan fingerprint density at radius 2 is 2.17 bits per heavy atom. The second-order valence-corrected chi connectivity index (χ2v) is 7.84. The maximum Gasteiger partial charge on any atom is 0.221 e. The van der Waals surface area contributed by atoms with Crippen molar-refractivity contribution in [2.24, 2.45) is 5.92 Å². The Bertz CT molecular complexity index is 393. The van der Waals surface area contributed by atoms with Gasteiger partial charge in [-0.05, 0) is 18.8 Å². The Hall–Kier alpha value is -0.620. The number of hydrogen-bond donors (Lipinski definition) is 2. The van der Waals surface area contributed by atoms with Crippen LogP contribution in [0.25, 0.3) is 0 Å². The molecule has 106 valence electrons. The fraction of sp³-hybridized carbons (Fsp3) is 0.917. The van der Waals surface area contributed by atoms with Gasteiger partial charge in [-0.25, -0.2) is 8.42 Å². The van der Waals surface area contributed by atoms with E-state index in [9.17, 15) is 18.3 Å². The first-order chi connectivity index (χ1) is 8.20. The molecule has 1 aliphatic carbocycles. The fourth-order valence-electron chi connectivity index (χ4n) is 2.42. The highest BCUT2D eigenvalue weighted by molar-refractivity contribution is 7.90. The third-order valence-corrected chi connectivity index (χ3v) is 4.33. The monoisotopic (exact) mass is 277 g/mol. The molecule has 0 heterocycles. The van der Waals surface area contributed by atoms with Crippen LogP contribution in [0.2, 0.25) is 0 Å². The van der Waals surface area contributed by atoms with Crippen LogP contribution in [0.1, 0.15) is 39.0 Å². The number of rotatable bonds is 5. The van der Waals surface area contributed by atoms with Gasteiger partial charge < -0.3 is 10.4 Å². The first-order valence-electron chi connectivity index (χ1n) is 6.37. The van der Waals surface area contributed by atoms with E-state index in [1.807, 2.05) is 0 Å². The molecule has 1 saturated carbocycles. The van der Waals surface area contributed by atoms with Crippen LogP contribution in [0.5, 0.6) is 0 Å². The zero-order chi connectivity index (χ0) is 13.8. The molecule has 0 aromatic rings. The first kappa shape index (κ1) is 15.4. The van der Waals surface area contributed by atoms with E-state index in [2.05, 4.69) is 12.2 Å². The van der Waals surface area contributed by atoms with Gasteiger partial charge in [0.1, 0.15) is 9.84 Å². The molecule has 0 aromatic carbocycles. The maximum atomic E-state index is 11.5. The van der Waals surface area contributed by atoms with Crippen LogP contribution in [0, 0.1) is 5.92 Å². The van der Waals surface area contributed by atoms with Gasteiger partial charge in [0.05, 0.1) is 11.4 Å². The summed E-state index contributed by atoms with van der Waals surface area (Å²) in [4.78, 5) is 11.5. The van der Waals surface area contributed by atoms with E-state index < -0.39 is 15.4 Å². The number of sulfone groups is 1. The third-order valence-electron chi connectivity index (χ3n) is 3.38. The Morgan fingerprint density at radius 3 is 2.72 bits per heavy atom. The summed E-state index contributed by atoms with van der Waals surface area (Å²) in [6, 6.07) is 0. The smallest absolute Gasteiger partial charge is 0.221 e. The molecular weight excluding hydrogens is 254 g/mol. The van der Waals surface area contributed by atoms with Gasteiger partial charge in [-0.15, -0.1) is 0 Å². The van der Waals surface area contributed by atoms with Gasteiger partial charge in [-0.1, -0.05) is 19.8 Å². The van der Waals surface area contributed by atoms with Crippen molar-refractivity contribution in [3.63, 3.8) is 0 Å². The number of carbonyl (C=O) groups is 1. The van der Waals surface area contributed by atoms with Crippen LogP contribution in [0.4, 0.5) is 0 Å². The highest BCUT2D eigenvalue weighted by atomic mass is 32.2. The Morgan fingerprint density at radius 1 is 1.50 bits per heavy atom. The normalized spacial score (nSPS) is 28.9. The number of nitrogens with one attached hydrogen (secondary N) is 1. The zero-order valence-electron chi connectivity index (χ0n) is 11.1. The van der Waals surface area contributed by atoms with Gasteiger partial charge in [-0.2, -0.15) is 0 Å². The van der Waals surface area contributed by atoms with E-state index in [4.69, 9.17) is 0 Å². The average molecular weight is 277 g/mol. The number of hydrogen-bond acceptors (Lipinski definition) is 4. The fourth-order valence-corrected chi connectivity index (χ4v) is 2.98. The molecule has 1 fully saturated rings. The quantitative estimate of drug-likeness (QED) is 0.765. The summed E-state index contributed by atoms with van der Waals surface area (Å²) in [7, 11) is -3.11. The molecule has 1 rings (SSSR count). The Labute approximate surface area is 109 Å². The van der Waals surface area contributed by atoms with Crippen molar-refractivity contribution >= 4 is 15.7 Å². The summed E-state index contributed by atoms with van der Waals surface area (Å²) in [5.41, 5.74) is -0.821. The van der Waals surface area contributed by atoms with Crippen LogP contribution >= 0.6 is 0 Å². The molecule has 1 aliphatic rings. The van der Waals surface area contributed by atoms with Gasteiger partial charge >= 0.3 is 0 Å². The summed E-state index contributed by atoms with van der Waals surface area (Å²) in [6.45, 7) is 2.32. The van der Waals surface area contributed by atoms with Crippen molar-refractivity contribution in [1.29, 1.82) is 0 Å². The van der Waals surface area contributed by atoms with E-state index >= 15 is 0 Å². The lowest BCUT2D eigenvalue weighted by Crippen LogP contribution is -2.46. The molecular formula is C12H23NO4S. The minimum Gasteiger partial charge on any atom is -0.388 e. The number of carbonyl (C=O) groups excluding carboxylic acids is 1. The SMILES string of the molecule is CC1CCCC(O)(CNC(=O)CCS(C)(=O)=O)C1. The lowest BCUT2D eigenvalue weighted by Gasteiger charge is -2.35. The minimum absolute atomic E-state index is 0.0372. The summed E-state index contributed by atoms with van der Waals surface area (Å²) < 4.78 is 21.8. The molecule has 0 bridgehead atoms. The van der Waals surface area contributed by atoms with E-state index in [0.29, 0.717) is 18.8 Å². The molecule has 18 heavy (non-hydrogen) atoms. The minimum atomic E-state index is -3.11. The van der Waals surface area contributed by atoms with Crippen molar-refractivity contribution < 1.29 is 18.3 Å². The highest BCUT2D eigenvalue weighted by Gasteiger charge is 2.32. The van der Waals surface area contributed by atoms with Gasteiger partial charge in [0.25, 0.3) is 0 Å². The molecule has 0 spiro atoms. The molecule has 2 unspecified atom stereocenters. The van der Waals surface area contributed by atoms with Gasteiger partial charge in [-0.3, -0.25) is 4.79 Å². The van der Waals surface area contributed by atoms with Gasteiger partial charge in [0.15, 0.2) is 0 Å². The molecule has 0 radical (unpaired) electrons. The summed E-state index contributed by atoms with van der Waals surface area (Å²) >= 11 is 0. The lowest BCUT2D eigenvalue weighted by atomic mass is 9.79. The standard InChI is InChI=1S/C12H23NO4S/c1-10-4-3-6-12(15,8-10)9-13-11(14)5-7-18(2,16)17/h10,15H,3-9H2,1-2H3,(H,13,14). The Kier molecular flexibility index (Phi) is 5.16. The van der Waals surface area contributed by atoms with Gasteiger partial charge in [0, 0.05) is 19.2 Å². The van der Waals surface area contributed by atoms with E-state index in [1.165, 1.54) is 0 Å². The van der Waals surface area contributed by atoms with Crippen molar-refractivity contribution in [2.75, 3.05) is 18.6 Å². The van der Waals surface area contributed by atoms with Crippen LogP contribution in [0.3, 0.4) is 0 Å². The van der Waals surface area contributed by atoms with Gasteiger partial charge in [0.2, 0.25) is 5.91 Å². The molecule has 6 heteroatoms. The Balaban J connectivity index is 2.33. The second kappa shape index (κ2) is 6.02. The molecule has 0 saturated heterocycles. The predicted molar refractivity (Wildman–Crippen MR) is 69.9 cm³/mol. The topological polar surface area (TPSA) is 83.5 Å². The van der Waals surface area contributed by atoms with Crippen molar-refractivity contribution in [3.8, 4) is 0 Å². The van der Waals surface area contributed by atoms with E-state index in [1.54, 1.807) is 0 Å². The first-order valence-corrected chi connectivity index (χ1v) is 8.43.